The van der Waals surface area contributed by atoms with Crippen LogP contribution in [0.4, 0.5) is 0 Å². The normalized spacial score (nSPS) is 26.5. The summed E-state index contributed by atoms with van der Waals surface area (Å²) < 4.78 is 16.7. The van der Waals surface area contributed by atoms with Crippen molar-refractivity contribution < 1.29 is 14.0 Å². The summed E-state index contributed by atoms with van der Waals surface area (Å²) >= 11 is 0. The van der Waals surface area contributed by atoms with Gasteiger partial charge in [-0.1, -0.05) is 5.16 Å². The fourth-order valence-corrected chi connectivity index (χ4v) is 2.89. The van der Waals surface area contributed by atoms with Gasteiger partial charge in [-0.2, -0.15) is 4.98 Å². The molecule has 8 heteroatoms. The van der Waals surface area contributed by atoms with Crippen molar-refractivity contribution in [3.63, 3.8) is 0 Å². The molecule has 0 saturated carbocycles. The van der Waals surface area contributed by atoms with Gasteiger partial charge in [-0.15, -0.1) is 0 Å². The van der Waals surface area contributed by atoms with Crippen LogP contribution in [0.1, 0.15) is 24.6 Å². The van der Waals surface area contributed by atoms with E-state index in [9.17, 15) is 0 Å². The predicted octanol–water partition coefficient (Wildman–Crippen LogP) is 0.333. The molecule has 1 aromatic heterocycles. The first kappa shape index (κ1) is 15.2. The van der Waals surface area contributed by atoms with Gasteiger partial charge in [0.1, 0.15) is 6.10 Å². The van der Waals surface area contributed by atoms with Crippen molar-refractivity contribution in [2.24, 2.45) is 4.99 Å². The van der Waals surface area contributed by atoms with Crippen molar-refractivity contribution in [3.8, 4) is 0 Å². The molecule has 1 N–H and O–H groups in total. The molecule has 122 valence electrons. The molecule has 3 rings (SSSR count). The van der Waals surface area contributed by atoms with Gasteiger partial charge in [0.2, 0.25) is 5.89 Å². The molecule has 0 aliphatic carbocycles. The van der Waals surface area contributed by atoms with Gasteiger partial charge in [-0.05, 0) is 19.8 Å². The Morgan fingerprint density at radius 3 is 2.91 bits per heavy atom. The molecule has 2 aliphatic heterocycles. The van der Waals surface area contributed by atoms with Crippen molar-refractivity contribution >= 4 is 5.96 Å². The van der Waals surface area contributed by atoms with Crippen LogP contribution in [0.25, 0.3) is 0 Å². The third kappa shape index (κ3) is 3.56. The maximum Gasteiger partial charge on any atom is 0.246 e. The van der Waals surface area contributed by atoms with Gasteiger partial charge in [0.05, 0.1) is 19.3 Å². The SMILES string of the molecule is CN=C(NCc1nc(C)no1)N1CCOC(C2CCCO2)C1. The Morgan fingerprint density at radius 2 is 2.23 bits per heavy atom. The standard InChI is InChI=1S/C14H23N5O3/c1-10-17-13(22-18-10)8-16-14(15-2)19-5-7-21-12(9-19)11-4-3-6-20-11/h11-12H,3-9H2,1-2H3,(H,15,16). The highest BCUT2D eigenvalue weighted by Gasteiger charge is 2.32. The minimum Gasteiger partial charge on any atom is -0.375 e. The highest BCUT2D eigenvalue weighted by atomic mass is 16.5. The van der Waals surface area contributed by atoms with Gasteiger partial charge in [-0.3, -0.25) is 4.99 Å². The maximum atomic E-state index is 5.86. The summed E-state index contributed by atoms with van der Waals surface area (Å²) in [5, 5.41) is 7.04. The number of aryl methyl sites for hydroxylation is 1. The topological polar surface area (TPSA) is 85.0 Å². The fraction of sp³-hybridized carbons (Fsp3) is 0.786. The first-order valence-corrected chi connectivity index (χ1v) is 7.74. The number of hydrogen-bond donors (Lipinski definition) is 1. The average Bonchev–Trinajstić information content (AvgIpc) is 3.20. The lowest BCUT2D eigenvalue weighted by atomic mass is 10.1. The lowest BCUT2D eigenvalue weighted by Crippen LogP contribution is -2.53. The van der Waals surface area contributed by atoms with Gasteiger partial charge in [0.15, 0.2) is 11.8 Å². The van der Waals surface area contributed by atoms with Crippen LogP contribution in [0.5, 0.6) is 0 Å². The summed E-state index contributed by atoms with van der Waals surface area (Å²) in [6.45, 7) is 5.39. The van der Waals surface area contributed by atoms with Crippen LogP contribution in [0.3, 0.4) is 0 Å². The molecule has 2 fully saturated rings. The van der Waals surface area contributed by atoms with Gasteiger partial charge < -0.3 is 24.2 Å². The molecule has 2 saturated heterocycles. The molecular formula is C14H23N5O3. The maximum absolute atomic E-state index is 5.86. The number of nitrogens with one attached hydrogen (secondary N) is 1. The van der Waals surface area contributed by atoms with Crippen LogP contribution in [-0.2, 0) is 16.0 Å². The molecule has 2 atom stereocenters. The zero-order valence-electron chi connectivity index (χ0n) is 13.1. The number of rotatable bonds is 3. The number of aliphatic imine (C=N–C) groups is 1. The molecule has 3 heterocycles. The Bertz CT molecular complexity index is 512. The van der Waals surface area contributed by atoms with E-state index < -0.39 is 0 Å². The second-order valence-corrected chi connectivity index (χ2v) is 5.54. The largest absolute Gasteiger partial charge is 0.375 e. The fourth-order valence-electron chi connectivity index (χ4n) is 2.89. The number of hydrogen-bond acceptors (Lipinski definition) is 6. The van der Waals surface area contributed by atoms with E-state index in [1.54, 1.807) is 14.0 Å². The molecule has 8 nitrogen and oxygen atoms in total. The number of aromatic nitrogens is 2. The van der Waals surface area contributed by atoms with Gasteiger partial charge >= 0.3 is 0 Å². The number of ether oxygens (including phenoxy) is 2. The summed E-state index contributed by atoms with van der Waals surface area (Å²) in [6, 6.07) is 0. The Morgan fingerprint density at radius 1 is 1.36 bits per heavy atom. The second kappa shape index (κ2) is 7.06. The van der Waals surface area contributed by atoms with E-state index in [1.165, 1.54) is 0 Å². The highest BCUT2D eigenvalue weighted by Crippen LogP contribution is 2.21. The second-order valence-electron chi connectivity index (χ2n) is 5.54. The molecule has 2 aliphatic rings. The molecule has 0 aromatic carbocycles. The lowest BCUT2D eigenvalue weighted by molar-refractivity contribution is -0.0817. The van der Waals surface area contributed by atoms with Crippen LogP contribution in [0.2, 0.25) is 0 Å². The van der Waals surface area contributed by atoms with E-state index in [0.29, 0.717) is 24.9 Å². The summed E-state index contributed by atoms with van der Waals surface area (Å²) in [7, 11) is 1.78. The molecule has 0 amide bonds. The lowest BCUT2D eigenvalue weighted by Gasteiger charge is -2.37. The smallest absolute Gasteiger partial charge is 0.246 e. The van der Waals surface area contributed by atoms with E-state index in [-0.39, 0.29) is 12.2 Å². The zero-order valence-corrected chi connectivity index (χ0v) is 13.1. The minimum atomic E-state index is 0.112. The van der Waals surface area contributed by atoms with Crippen LogP contribution in [0.15, 0.2) is 9.52 Å². The summed E-state index contributed by atoms with van der Waals surface area (Å²) in [5.74, 6) is 2.02. The van der Waals surface area contributed by atoms with Gasteiger partial charge in [0, 0.05) is 26.7 Å². The van der Waals surface area contributed by atoms with Crippen molar-refractivity contribution in [3.05, 3.63) is 11.7 Å². The van der Waals surface area contributed by atoms with Crippen LogP contribution in [-0.4, -0.2) is 66.6 Å². The summed E-state index contributed by atoms with van der Waals surface area (Å²) in [4.78, 5) is 10.7. The highest BCUT2D eigenvalue weighted by molar-refractivity contribution is 5.79. The van der Waals surface area contributed by atoms with Gasteiger partial charge in [-0.25, -0.2) is 0 Å². The van der Waals surface area contributed by atoms with E-state index >= 15 is 0 Å². The quantitative estimate of drug-likeness (QED) is 0.636. The van der Waals surface area contributed by atoms with Crippen molar-refractivity contribution in [1.82, 2.24) is 20.4 Å². The van der Waals surface area contributed by atoms with Crippen molar-refractivity contribution in [2.75, 3.05) is 33.4 Å². The van der Waals surface area contributed by atoms with E-state index in [2.05, 4.69) is 25.3 Å². The number of morpholine rings is 1. The minimum absolute atomic E-state index is 0.112. The first-order chi connectivity index (χ1) is 10.8. The number of guanidine groups is 1. The molecular weight excluding hydrogens is 286 g/mol. The third-order valence-electron chi connectivity index (χ3n) is 3.95. The van der Waals surface area contributed by atoms with Gasteiger partial charge in [0.25, 0.3) is 0 Å². The van der Waals surface area contributed by atoms with E-state index in [0.717, 1.165) is 38.5 Å². The zero-order chi connectivity index (χ0) is 15.4. The van der Waals surface area contributed by atoms with Crippen molar-refractivity contribution in [2.45, 2.75) is 38.5 Å². The first-order valence-electron chi connectivity index (χ1n) is 7.74. The Labute approximate surface area is 129 Å². The third-order valence-corrected chi connectivity index (χ3v) is 3.95. The molecule has 0 bridgehead atoms. The predicted molar refractivity (Wildman–Crippen MR) is 79.5 cm³/mol. The Balaban J connectivity index is 1.55. The molecule has 0 spiro atoms. The summed E-state index contributed by atoms with van der Waals surface area (Å²) in [5.41, 5.74) is 0. The number of nitrogens with zero attached hydrogens (tertiary/aromatic N) is 4. The molecule has 0 radical (unpaired) electrons. The monoisotopic (exact) mass is 309 g/mol. The van der Waals surface area contributed by atoms with Crippen LogP contribution in [0, 0.1) is 6.92 Å². The molecule has 22 heavy (non-hydrogen) atoms. The van der Waals surface area contributed by atoms with E-state index in [4.69, 9.17) is 14.0 Å². The van der Waals surface area contributed by atoms with Crippen LogP contribution < -0.4 is 5.32 Å². The summed E-state index contributed by atoms with van der Waals surface area (Å²) in [6.07, 6.45) is 2.51. The molecule has 2 unspecified atom stereocenters. The average molecular weight is 309 g/mol. The van der Waals surface area contributed by atoms with E-state index in [1.807, 2.05) is 0 Å². The Kier molecular flexibility index (Phi) is 4.89. The van der Waals surface area contributed by atoms with Crippen LogP contribution >= 0.6 is 0 Å². The van der Waals surface area contributed by atoms with Crippen molar-refractivity contribution in [1.29, 1.82) is 0 Å². The Hall–Kier alpha value is -1.67. The molecule has 1 aromatic rings.